The van der Waals surface area contributed by atoms with E-state index in [-0.39, 0.29) is 5.91 Å². The fraction of sp³-hybridized carbons (Fsp3) is 0.105. The van der Waals surface area contributed by atoms with E-state index in [9.17, 15) is 4.79 Å². The summed E-state index contributed by atoms with van der Waals surface area (Å²) in [6.45, 7) is 1.89. The van der Waals surface area contributed by atoms with Crippen molar-refractivity contribution in [3.63, 3.8) is 0 Å². The highest BCUT2D eigenvalue weighted by molar-refractivity contribution is 6.30. The molecule has 0 bridgehead atoms. The Kier molecular flexibility index (Phi) is 4.95. The standard InChI is InChI=1S/C19H17ClN4O/c1-13-12-14(20)8-9-16(13)22-18(25)17-10-11-21-19(23-17)24(2)15-6-4-3-5-7-15/h3-12H,1-2H3,(H,22,25). The van der Waals surface area contributed by atoms with Gasteiger partial charge in [0, 0.05) is 29.6 Å². The molecule has 0 saturated carbocycles. The van der Waals surface area contributed by atoms with Gasteiger partial charge in [0.15, 0.2) is 0 Å². The van der Waals surface area contributed by atoms with Crippen LogP contribution in [0.25, 0.3) is 0 Å². The number of hydrogen-bond donors (Lipinski definition) is 1. The average molecular weight is 353 g/mol. The highest BCUT2D eigenvalue weighted by Crippen LogP contribution is 2.21. The zero-order valence-electron chi connectivity index (χ0n) is 13.9. The Labute approximate surface area is 151 Å². The van der Waals surface area contributed by atoms with E-state index in [2.05, 4.69) is 15.3 Å². The number of benzene rings is 2. The first kappa shape index (κ1) is 16.9. The normalized spacial score (nSPS) is 10.4. The summed E-state index contributed by atoms with van der Waals surface area (Å²) in [7, 11) is 1.86. The average Bonchev–Trinajstić information content (AvgIpc) is 2.64. The number of halogens is 1. The molecule has 0 radical (unpaired) electrons. The number of aromatic nitrogens is 2. The molecule has 25 heavy (non-hydrogen) atoms. The fourth-order valence-corrected chi connectivity index (χ4v) is 2.58. The van der Waals surface area contributed by atoms with Gasteiger partial charge in [-0.25, -0.2) is 9.97 Å². The molecular weight excluding hydrogens is 336 g/mol. The number of carbonyl (C=O) groups excluding carboxylic acids is 1. The quantitative estimate of drug-likeness (QED) is 0.753. The molecule has 0 aliphatic carbocycles. The number of nitrogens with one attached hydrogen (secondary N) is 1. The minimum Gasteiger partial charge on any atom is -0.320 e. The Bertz CT molecular complexity index is 899. The third kappa shape index (κ3) is 3.95. The van der Waals surface area contributed by atoms with Crippen molar-refractivity contribution < 1.29 is 4.79 Å². The van der Waals surface area contributed by atoms with Crippen LogP contribution >= 0.6 is 11.6 Å². The van der Waals surface area contributed by atoms with Crippen LogP contribution in [-0.2, 0) is 0 Å². The van der Waals surface area contributed by atoms with Gasteiger partial charge in [0.2, 0.25) is 5.95 Å². The summed E-state index contributed by atoms with van der Waals surface area (Å²) in [6.07, 6.45) is 1.57. The molecule has 6 heteroatoms. The predicted molar refractivity (Wildman–Crippen MR) is 101 cm³/mol. The molecule has 0 saturated heterocycles. The van der Waals surface area contributed by atoms with Gasteiger partial charge in [-0.05, 0) is 48.9 Å². The molecule has 1 aromatic heterocycles. The monoisotopic (exact) mass is 352 g/mol. The van der Waals surface area contributed by atoms with Crippen molar-refractivity contribution in [2.75, 3.05) is 17.3 Å². The summed E-state index contributed by atoms with van der Waals surface area (Å²) < 4.78 is 0. The minimum atomic E-state index is -0.296. The summed E-state index contributed by atoms with van der Waals surface area (Å²) in [5.74, 6) is 0.155. The molecule has 3 aromatic rings. The summed E-state index contributed by atoms with van der Waals surface area (Å²) in [5.41, 5.74) is 2.82. The van der Waals surface area contributed by atoms with E-state index in [4.69, 9.17) is 11.6 Å². The first-order valence-electron chi connectivity index (χ1n) is 7.74. The highest BCUT2D eigenvalue weighted by Gasteiger charge is 2.13. The maximum Gasteiger partial charge on any atom is 0.274 e. The van der Waals surface area contributed by atoms with Gasteiger partial charge < -0.3 is 10.2 Å². The van der Waals surface area contributed by atoms with E-state index in [1.807, 2.05) is 49.2 Å². The van der Waals surface area contributed by atoms with E-state index in [1.165, 1.54) is 0 Å². The molecule has 5 nitrogen and oxygen atoms in total. The molecule has 0 fully saturated rings. The van der Waals surface area contributed by atoms with Crippen molar-refractivity contribution >= 4 is 34.8 Å². The van der Waals surface area contributed by atoms with Gasteiger partial charge in [-0.15, -0.1) is 0 Å². The zero-order chi connectivity index (χ0) is 17.8. The lowest BCUT2D eigenvalue weighted by Gasteiger charge is -2.17. The molecule has 2 aromatic carbocycles. The molecule has 126 valence electrons. The molecule has 1 amide bonds. The van der Waals surface area contributed by atoms with Crippen molar-refractivity contribution in [2.45, 2.75) is 6.92 Å². The van der Waals surface area contributed by atoms with Gasteiger partial charge >= 0.3 is 0 Å². The van der Waals surface area contributed by atoms with Crippen LogP contribution in [0.15, 0.2) is 60.8 Å². The Morgan fingerprint density at radius 1 is 1.12 bits per heavy atom. The van der Waals surface area contributed by atoms with Crippen LogP contribution in [0.3, 0.4) is 0 Å². The lowest BCUT2D eigenvalue weighted by Crippen LogP contribution is -2.18. The van der Waals surface area contributed by atoms with E-state index in [0.717, 1.165) is 11.3 Å². The summed E-state index contributed by atoms with van der Waals surface area (Å²) >= 11 is 5.95. The number of carbonyl (C=O) groups is 1. The van der Waals surface area contributed by atoms with Crippen molar-refractivity contribution in [2.24, 2.45) is 0 Å². The third-order valence-electron chi connectivity index (χ3n) is 3.76. The summed E-state index contributed by atoms with van der Waals surface area (Å²) in [6, 6.07) is 16.6. The molecule has 0 aliphatic rings. The molecule has 0 atom stereocenters. The van der Waals surface area contributed by atoms with E-state index in [0.29, 0.717) is 22.4 Å². The molecule has 0 aliphatic heterocycles. The van der Waals surface area contributed by atoms with Gasteiger partial charge in [-0.1, -0.05) is 29.8 Å². The first-order valence-corrected chi connectivity index (χ1v) is 8.12. The van der Waals surface area contributed by atoms with Crippen LogP contribution in [-0.4, -0.2) is 22.9 Å². The largest absolute Gasteiger partial charge is 0.320 e. The maximum absolute atomic E-state index is 12.5. The van der Waals surface area contributed by atoms with Gasteiger partial charge in [0.1, 0.15) is 5.69 Å². The number of rotatable bonds is 4. The number of nitrogens with zero attached hydrogens (tertiary/aromatic N) is 3. The Morgan fingerprint density at radius 2 is 1.88 bits per heavy atom. The molecule has 1 heterocycles. The van der Waals surface area contributed by atoms with Crippen LogP contribution in [0.1, 0.15) is 16.1 Å². The Hall–Kier alpha value is -2.92. The molecule has 0 unspecified atom stereocenters. The van der Waals surface area contributed by atoms with Crippen LogP contribution in [0.2, 0.25) is 5.02 Å². The summed E-state index contributed by atoms with van der Waals surface area (Å²) in [5, 5.41) is 3.48. The van der Waals surface area contributed by atoms with Crippen LogP contribution in [0.5, 0.6) is 0 Å². The fourth-order valence-electron chi connectivity index (χ4n) is 2.36. The molecule has 3 rings (SSSR count). The second-order valence-corrected chi connectivity index (χ2v) is 5.99. The van der Waals surface area contributed by atoms with Crippen LogP contribution < -0.4 is 10.2 Å². The number of para-hydroxylation sites is 1. The number of hydrogen-bond acceptors (Lipinski definition) is 4. The van der Waals surface area contributed by atoms with Gasteiger partial charge in [0.25, 0.3) is 5.91 Å². The zero-order valence-corrected chi connectivity index (χ0v) is 14.7. The second-order valence-electron chi connectivity index (χ2n) is 5.55. The third-order valence-corrected chi connectivity index (χ3v) is 3.99. The topological polar surface area (TPSA) is 58.1 Å². The predicted octanol–water partition coefficient (Wildman–Crippen LogP) is 4.46. The van der Waals surface area contributed by atoms with Gasteiger partial charge in [-0.2, -0.15) is 0 Å². The smallest absolute Gasteiger partial charge is 0.274 e. The Balaban J connectivity index is 1.82. The van der Waals surface area contributed by atoms with Gasteiger partial charge in [0.05, 0.1) is 0 Å². The maximum atomic E-state index is 12.5. The molecule has 1 N–H and O–H groups in total. The van der Waals surface area contributed by atoms with Crippen molar-refractivity contribution in [1.82, 2.24) is 9.97 Å². The number of aryl methyl sites for hydroxylation is 1. The number of anilines is 3. The minimum absolute atomic E-state index is 0.294. The SMILES string of the molecule is Cc1cc(Cl)ccc1NC(=O)c1ccnc(N(C)c2ccccc2)n1. The van der Waals surface area contributed by atoms with Crippen LogP contribution in [0.4, 0.5) is 17.3 Å². The van der Waals surface area contributed by atoms with Crippen LogP contribution in [0, 0.1) is 6.92 Å². The first-order chi connectivity index (χ1) is 12.0. The lowest BCUT2D eigenvalue weighted by molar-refractivity contribution is 0.102. The second kappa shape index (κ2) is 7.32. The van der Waals surface area contributed by atoms with E-state index in [1.54, 1.807) is 30.5 Å². The van der Waals surface area contributed by atoms with E-state index < -0.39 is 0 Å². The van der Waals surface area contributed by atoms with Crippen molar-refractivity contribution in [3.05, 3.63) is 77.1 Å². The highest BCUT2D eigenvalue weighted by atomic mass is 35.5. The van der Waals surface area contributed by atoms with Crippen molar-refractivity contribution in [3.8, 4) is 0 Å². The molecular formula is C19H17ClN4O. The number of amides is 1. The van der Waals surface area contributed by atoms with E-state index >= 15 is 0 Å². The summed E-state index contributed by atoms with van der Waals surface area (Å²) in [4.78, 5) is 23.0. The lowest BCUT2D eigenvalue weighted by atomic mass is 10.2. The van der Waals surface area contributed by atoms with Crippen molar-refractivity contribution in [1.29, 1.82) is 0 Å². The molecule has 0 spiro atoms. The van der Waals surface area contributed by atoms with Gasteiger partial charge in [-0.3, -0.25) is 4.79 Å². The Morgan fingerprint density at radius 3 is 2.60 bits per heavy atom.